The molecule has 4 aromatic carbocycles. The van der Waals surface area contributed by atoms with Crippen LogP contribution in [0.15, 0.2) is 48.5 Å². The highest BCUT2D eigenvalue weighted by molar-refractivity contribution is 5.52. The molecule has 488 valence electrons. The molecule has 8 aliphatic heterocycles. The van der Waals surface area contributed by atoms with Crippen molar-refractivity contribution in [1.29, 1.82) is 0 Å². The number of phenols is 4. The molecule has 0 aliphatic carbocycles. The lowest BCUT2D eigenvalue weighted by Crippen LogP contribution is -2.48. The number of phenolic OH excluding ortho intramolecular Hbond substituents is 4. The highest BCUT2D eigenvalue weighted by atomic mass is 16.5. The van der Waals surface area contributed by atoms with Gasteiger partial charge in [0.15, 0.2) is 46.0 Å². The summed E-state index contributed by atoms with van der Waals surface area (Å²) in [5.41, 5.74) is 9.60. The summed E-state index contributed by atoms with van der Waals surface area (Å²) in [4.78, 5) is 9.99. The molecule has 0 bridgehead atoms. The van der Waals surface area contributed by atoms with Gasteiger partial charge in [0.1, 0.15) is 0 Å². The van der Waals surface area contributed by atoms with E-state index >= 15 is 0 Å². The molecule has 16 heteroatoms. The highest BCUT2D eigenvalue weighted by Crippen LogP contribution is 2.48. The van der Waals surface area contributed by atoms with Crippen molar-refractivity contribution in [3.05, 3.63) is 93.0 Å². The van der Waals surface area contributed by atoms with Crippen LogP contribution in [0.5, 0.6) is 46.0 Å². The van der Waals surface area contributed by atoms with Gasteiger partial charge in [-0.2, -0.15) is 0 Å². The Bertz CT molecular complexity index is 2560. The van der Waals surface area contributed by atoms with Crippen LogP contribution in [-0.4, -0.2) is 166 Å². The monoisotopic (exact) mass is 1220 g/mol. The van der Waals surface area contributed by atoms with E-state index in [0.29, 0.717) is 70.3 Å². The van der Waals surface area contributed by atoms with Gasteiger partial charge in [-0.3, -0.25) is 19.6 Å². The fraction of sp³-hybridized carbons (Fsp3) is 0.667. The molecule has 8 heterocycles. The average molecular weight is 1220 g/mol. The van der Waals surface area contributed by atoms with Crippen molar-refractivity contribution >= 4 is 0 Å². The van der Waals surface area contributed by atoms with Crippen LogP contribution in [0.2, 0.25) is 0 Å². The van der Waals surface area contributed by atoms with Gasteiger partial charge >= 0.3 is 0 Å². The average Bonchev–Trinajstić information content (AvgIpc) is 2.47. The summed E-state index contributed by atoms with van der Waals surface area (Å²) in [6.07, 6.45) is 10.3. The smallest absolute Gasteiger partial charge is 0.160 e. The topological polar surface area (TPSA) is 212 Å². The number of piperidine rings is 4. The zero-order chi connectivity index (χ0) is 63.4. The molecule has 0 aromatic heterocycles. The standard InChI is InChI=1S/4C18H27NO3/c4*1-11(2)6-13-10-19-5-4-12-7-17(21)18(22-3)8-14(12)15(19)9-16(13)20/h4*7-8,11,13,15-16,20-21H,4-6,9-10H2,1-3H3/t2*13-,15+,16+;2*13-,15+,16-/m1010/s1. The van der Waals surface area contributed by atoms with E-state index < -0.39 is 0 Å². The first-order valence-electron chi connectivity index (χ1n) is 33.2. The lowest BCUT2D eigenvalue weighted by molar-refractivity contribution is -0.0192. The SMILES string of the molecule is COc1cc2c(cc1O)CCN1C[C@@H](CC(C)C)[C@@H](O)C[C@@H]21.COc1cc2c(cc1O)CCN1C[C@@H](CC(C)C)[C@H](O)C[C@@H]21.COc1cc2c(cc1O)CCN1C[C@H](CC(C)C)[C@@H](O)C[C@H]21.COc1cc2c(cc1O)CCN1C[C@H](CC(C)C)[C@H](O)C[C@H]21. The van der Waals surface area contributed by atoms with Crippen LogP contribution in [0, 0.1) is 47.3 Å². The molecule has 0 saturated carbocycles. The predicted octanol–water partition coefficient (Wildman–Crippen LogP) is 10.9. The normalized spacial score (nSPS) is 28.3. The Labute approximate surface area is 525 Å². The van der Waals surface area contributed by atoms with Gasteiger partial charge in [0.25, 0.3) is 0 Å². The molecule has 8 aliphatic rings. The molecule has 4 saturated heterocycles. The van der Waals surface area contributed by atoms with Crippen LogP contribution >= 0.6 is 0 Å². The molecular formula is C72H108N4O12. The molecule has 88 heavy (non-hydrogen) atoms. The minimum atomic E-state index is -0.241. The van der Waals surface area contributed by atoms with Gasteiger partial charge in [0.2, 0.25) is 0 Å². The number of methoxy groups -OCH3 is 4. The number of rotatable bonds is 12. The molecule has 4 fully saturated rings. The molecule has 12 rings (SSSR count). The molecular weight excluding hydrogens is 1110 g/mol. The summed E-state index contributed by atoms with van der Waals surface area (Å²) in [5, 5.41) is 82.1. The van der Waals surface area contributed by atoms with Gasteiger partial charge in [-0.25, -0.2) is 0 Å². The molecule has 0 spiro atoms. The second kappa shape index (κ2) is 29.5. The van der Waals surface area contributed by atoms with Crippen molar-refractivity contribution in [2.45, 2.75) is 181 Å². The number of aliphatic hydroxyl groups is 4. The van der Waals surface area contributed by atoms with Gasteiger partial charge in [-0.1, -0.05) is 55.4 Å². The third kappa shape index (κ3) is 15.5. The first kappa shape index (κ1) is 67.4. The zero-order valence-corrected chi connectivity index (χ0v) is 55.0. The third-order valence-corrected chi connectivity index (χ3v) is 20.6. The number of ether oxygens (including phenoxy) is 4. The van der Waals surface area contributed by atoms with E-state index in [4.69, 9.17) is 18.9 Å². The second-order valence-corrected chi connectivity index (χ2v) is 28.7. The van der Waals surface area contributed by atoms with Gasteiger partial charge in [0.05, 0.1) is 52.9 Å². The fourth-order valence-electron chi connectivity index (χ4n) is 16.4. The number of hydrogen-bond donors (Lipinski definition) is 8. The van der Waals surface area contributed by atoms with Crippen LogP contribution < -0.4 is 18.9 Å². The molecule has 16 nitrogen and oxygen atoms in total. The zero-order valence-electron chi connectivity index (χ0n) is 55.0. The van der Waals surface area contributed by atoms with Gasteiger partial charge in [-0.05, 0) is 217 Å². The predicted molar refractivity (Wildman–Crippen MR) is 345 cm³/mol. The van der Waals surface area contributed by atoms with Crippen LogP contribution in [0.4, 0.5) is 0 Å². The first-order valence-corrected chi connectivity index (χ1v) is 33.2. The Balaban J connectivity index is 0.000000140. The fourth-order valence-corrected chi connectivity index (χ4v) is 16.4. The van der Waals surface area contributed by atoms with E-state index in [0.717, 1.165) is 129 Å². The molecule has 4 aromatic rings. The Morgan fingerprint density at radius 3 is 0.705 bits per heavy atom. The van der Waals surface area contributed by atoms with Crippen molar-refractivity contribution < 1.29 is 59.8 Å². The summed E-state index contributed by atoms with van der Waals surface area (Å²) < 4.78 is 21.0. The molecule has 12 atom stereocenters. The first-order chi connectivity index (χ1) is 42.0. The largest absolute Gasteiger partial charge is 0.504 e. The van der Waals surface area contributed by atoms with Crippen LogP contribution in [0.25, 0.3) is 0 Å². The van der Waals surface area contributed by atoms with Gasteiger partial charge in [-0.15, -0.1) is 0 Å². The molecule has 0 amide bonds. The summed E-state index contributed by atoms with van der Waals surface area (Å²) in [6, 6.07) is 16.1. The molecule has 0 radical (unpaired) electrons. The van der Waals surface area contributed by atoms with E-state index in [1.54, 1.807) is 28.4 Å². The van der Waals surface area contributed by atoms with E-state index in [1.807, 2.05) is 48.5 Å². The summed E-state index contributed by atoms with van der Waals surface area (Å²) in [5.74, 6) is 6.91. The van der Waals surface area contributed by atoms with E-state index in [-0.39, 0.29) is 71.6 Å². The Morgan fingerprint density at radius 2 is 0.534 bits per heavy atom. The quantitative estimate of drug-likeness (QED) is 0.0663. The van der Waals surface area contributed by atoms with Gasteiger partial charge < -0.3 is 59.8 Å². The molecule has 8 N–H and O–H groups in total. The number of aromatic hydroxyl groups is 4. The number of hydrogen-bond acceptors (Lipinski definition) is 16. The minimum Gasteiger partial charge on any atom is -0.504 e. The van der Waals surface area contributed by atoms with E-state index in [1.165, 1.54) is 44.5 Å². The maximum absolute atomic E-state index is 10.6. The van der Waals surface area contributed by atoms with Gasteiger partial charge in [0, 0.05) is 76.5 Å². The highest BCUT2D eigenvalue weighted by Gasteiger charge is 2.43. The number of nitrogens with zero attached hydrogens (tertiary/aromatic N) is 4. The Morgan fingerprint density at radius 1 is 0.341 bits per heavy atom. The summed E-state index contributed by atoms with van der Waals surface area (Å²) in [7, 11) is 6.32. The lowest BCUT2D eigenvalue weighted by atomic mass is 9.79. The Hall–Kier alpha value is -5.04. The van der Waals surface area contributed by atoms with Crippen molar-refractivity contribution in [1.82, 2.24) is 19.6 Å². The van der Waals surface area contributed by atoms with E-state index in [9.17, 15) is 40.9 Å². The van der Waals surface area contributed by atoms with E-state index in [2.05, 4.69) is 75.0 Å². The maximum Gasteiger partial charge on any atom is 0.160 e. The van der Waals surface area contributed by atoms with Crippen molar-refractivity contribution in [3.8, 4) is 46.0 Å². The number of benzene rings is 4. The van der Waals surface area contributed by atoms with Crippen LogP contribution in [0.1, 0.15) is 175 Å². The van der Waals surface area contributed by atoms with Crippen LogP contribution in [-0.2, 0) is 25.7 Å². The van der Waals surface area contributed by atoms with Crippen molar-refractivity contribution in [2.24, 2.45) is 47.3 Å². The molecule has 0 unspecified atom stereocenters. The third-order valence-electron chi connectivity index (χ3n) is 20.6. The van der Waals surface area contributed by atoms with Crippen molar-refractivity contribution in [3.63, 3.8) is 0 Å². The Kier molecular flexibility index (Phi) is 22.6. The second-order valence-electron chi connectivity index (χ2n) is 28.7. The number of fused-ring (bicyclic) bond motifs is 12. The minimum absolute atomic E-state index is 0.212. The number of aliphatic hydroxyl groups excluding tert-OH is 4. The maximum atomic E-state index is 10.6. The lowest BCUT2D eigenvalue weighted by Gasteiger charge is -2.46. The van der Waals surface area contributed by atoms with Crippen LogP contribution in [0.3, 0.4) is 0 Å². The summed E-state index contributed by atoms with van der Waals surface area (Å²) in [6.45, 7) is 25.6. The summed E-state index contributed by atoms with van der Waals surface area (Å²) >= 11 is 0. The van der Waals surface area contributed by atoms with Crippen molar-refractivity contribution in [2.75, 3.05) is 80.8 Å².